The lowest BCUT2D eigenvalue weighted by Gasteiger charge is -2.58. The minimum Gasteiger partial charge on any atom is -0.530 e. The molecule has 5 nitrogen and oxygen atoms in total. The van der Waals surface area contributed by atoms with Gasteiger partial charge in [-0.05, 0) is 40.0 Å². The normalized spacial score (nSPS) is 34.8. The van der Waals surface area contributed by atoms with E-state index in [0.717, 1.165) is 43.4 Å². The highest BCUT2D eigenvalue weighted by molar-refractivity contribution is 5.62. The zero-order chi connectivity index (χ0) is 17.8. The van der Waals surface area contributed by atoms with E-state index in [-0.39, 0.29) is 11.6 Å². The summed E-state index contributed by atoms with van der Waals surface area (Å²) in [5.41, 5.74) is 0.189. The zero-order valence-corrected chi connectivity index (χ0v) is 16.0. The summed E-state index contributed by atoms with van der Waals surface area (Å²) in [6.45, 7) is 12.2. The summed E-state index contributed by atoms with van der Waals surface area (Å²) in [5, 5.41) is 13.4. The van der Waals surface area contributed by atoms with Crippen molar-refractivity contribution in [2.75, 3.05) is 19.7 Å². The van der Waals surface area contributed by atoms with Crippen LogP contribution >= 0.6 is 0 Å². The first-order valence-electron chi connectivity index (χ1n) is 9.74. The topological polar surface area (TPSA) is 61.4 Å². The molecule has 0 aromatic carbocycles. The first-order chi connectivity index (χ1) is 11.3. The third-order valence-corrected chi connectivity index (χ3v) is 6.31. The average molecular weight is 341 g/mol. The van der Waals surface area contributed by atoms with Crippen LogP contribution in [0, 0.1) is 0 Å². The number of likely N-dealkylation sites (tertiary alicyclic amines) is 1. The molecule has 0 unspecified atom stereocenters. The molecule has 1 aliphatic carbocycles. The van der Waals surface area contributed by atoms with Gasteiger partial charge < -0.3 is 24.4 Å². The van der Waals surface area contributed by atoms with Crippen LogP contribution in [0.2, 0.25) is 0 Å². The van der Waals surface area contributed by atoms with Gasteiger partial charge in [0.2, 0.25) is 0 Å². The smallest absolute Gasteiger partial charge is 0.134 e. The maximum Gasteiger partial charge on any atom is 0.134 e. The van der Waals surface area contributed by atoms with Crippen LogP contribution in [0.5, 0.6) is 0 Å². The van der Waals surface area contributed by atoms with Crippen molar-refractivity contribution in [3.8, 4) is 0 Å². The van der Waals surface area contributed by atoms with E-state index in [4.69, 9.17) is 4.74 Å². The molecule has 5 heteroatoms. The standard InChI is InChI=1S/C19H36N2O3/c1-5-14-24-17-8-6-16(7-9-17)21(19(2,3)4)12-10-15(11-13-21)20-18(22)23/h15-17,20H,5-14H2,1-4H3/t15?,16-,17-,21?. The Morgan fingerprint density at radius 2 is 1.71 bits per heavy atom. The van der Waals surface area contributed by atoms with E-state index in [0.29, 0.717) is 12.1 Å². The molecule has 24 heavy (non-hydrogen) atoms. The molecule has 2 aliphatic rings. The Labute approximate surface area is 147 Å². The highest BCUT2D eigenvalue weighted by atomic mass is 16.5. The SMILES string of the molecule is CCCO[C@H]1CC[C@H]([N+]2(C(C)(C)C)CCC(NC(=O)[O-])CC2)CC1. The van der Waals surface area contributed by atoms with Crippen LogP contribution < -0.4 is 10.4 Å². The molecule has 2 rings (SSSR count). The van der Waals surface area contributed by atoms with Gasteiger partial charge in [0.1, 0.15) is 6.09 Å². The van der Waals surface area contributed by atoms with Crippen LogP contribution in [0.25, 0.3) is 0 Å². The minimum absolute atomic E-state index is 0.0628. The molecule has 1 amide bonds. The number of rotatable bonds is 5. The number of carbonyl (C=O) groups is 1. The zero-order valence-electron chi connectivity index (χ0n) is 16.0. The summed E-state index contributed by atoms with van der Waals surface area (Å²) in [6.07, 6.45) is 7.02. The molecule has 0 atom stereocenters. The first kappa shape index (κ1) is 19.5. The fraction of sp³-hybridized carbons (Fsp3) is 0.947. The number of quaternary nitrogens is 1. The van der Waals surface area contributed by atoms with Crippen LogP contribution in [0.15, 0.2) is 0 Å². The summed E-state index contributed by atoms with van der Waals surface area (Å²) >= 11 is 0. The third-order valence-electron chi connectivity index (χ3n) is 6.31. The summed E-state index contributed by atoms with van der Waals surface area (Å²) < 4.78 is 7.08. The van der Waals surface area contributed by atoms with Gasteiger partial charge in [-0.25, -0.2) is 0 Å². The van der Waals surface area contributed by atoms with E-state index in [2.05, 4.69) is 33.0 Å². The van der Waals surface area contributed by atoms with E-state index in [1.54, 1.807) is 0 Å². The van der Waals surface area contributed by atoms with E-state index in [1.165, 1.54) is 25.7 Å². The second kappa shape index (κ2) is 8.05. The number of nitrogens with zero attached hydrogens (tertiary/aromatic N) is 1. The Morgan fingerprint density at radius 1 is 1.12 bits per heavy atom. The Morgan fingerprint density at radius 3 is 2.17 bits per heavy atom. The highest BCUT2D eigenvalue weighted by Crippen LogP contribution is 2.39. The Balaban J connectivity index is 1.99. The van der Waals surface area contributed by atoms with Crippen LogP contribution in [0.4, 0.5) is 4.79 Å². The van der Waals surface area contributed by atoms with Gasteiger partial charge in [0, 0.05) is 38.3 Å². The Hall–Kier alpha value is -0.810. The van der Waals surface area contributed by atoms with E-state index in [1.807, 2.05) is 0 Å². The molecular weight excluding hydrogens is 304 g/mol. The van der Waals surface area contributed by atoms with Gasteiger partial charge in [0.25, 0.3) is 0 Å². The second-order valence-corrected chi connectivity index (χ2v) is 8.66. The quantitative estimate of drug-likeness (QED) is 0.782. The first-order valence-corrected chi connectivity index (χ1v) is 9.74. The van der Waals surface area contributed by atoms with Crippen LogP contribution in [-0.4, -0.2) is 54.0 Å². The molecule has 1 saturated heterocycles. The molecule has 140 valence electrons. The summed E-state index contributed by atoms with van der Waals surface area (Å²) in [5.74, 6) is 0. The fourth-order valence-corrected chi connectivity index (χ4v) is 4.91. The molecule has 0 aromatic rings. The van der Waals surface area contributed by atoms with Crippen molar-refractivity contribution in [3.05, 3.63) is 0 Å². The lowest BCUT2D eigenvalue weighted by atomic mass is 9.83. The van der Waals surface area contributed by atoms with Gasteiger partial charge in [-0.2, -0.15) is 0 Å². The summed E-state index contributed by atoms with van der Waals surface area (Å²) in [6, 6.07) is 0.739. The number of amides is 1. The van der Waals surface area contributed by atoms with E-state index < -0.39 is 6.09 Å². The van der Waals surface area contributed by atoms with Crippen LogP contribution in [0.3, 0.4) is 0 Å². The monoisotopic (exact) mass is 340 g/mol. The predicted octanol–water partition coefficient (Wildman–Crippen LogP) is 2.43. The fourth-order valence-electron chi connectivity index (χ4n) is 4.91. The summed E-state index contributed by atoms with van der Waals surface area (Å²) in [4.78, 5) is 10.8. The minimum atomic E-state index is -1.13. The predicted molar refractivity (Wildman–Crippen MR) is 93.6 cm³/mol. The lowest BCUT2D eigenvalue weighted by Crippen LogP contribution is -2.70. The highest BCUT2D eigenvalue weighted by Gasteiger charge is 2.49. The van der Waals surface area contributed by atoms with Gasteiger partial charge in [0.15, 0.2) is 0 Å². The maximum atomic E-state index is 10.8. The van der Waals surface area contributed by atoms with E-state index in [9.17, 15) is 9.90 Å². The summed E-state index contributed by atoms with van der Waals surface area (Å²) in [7, 11) is 0. The average Bonchev–Trinajstić information content (AvgIpc) is 2.52. The molecule has 2 fully saturated rings. The maximum absolute atomic E-state index is 10.8. The van der Waals surface area contributed by atoms with Crippen molar-refractivity contribution in [1.29, 1.82) is 0 Å². The number of hydrogen-bond acceptors (Lipinski definition) is 3. The van der Waals surface area contributed by atoms with Gasteiger partial charge in [-0.15, -0.1) is 0 Å². The van der Waals surface area contributed by atoms with Crippen LogP contribution in [0.1, 0.15) is 72.6 Å². The molecule has 1 aliphatic heterocycles. The third kappa shape index (κ3) is 4.42. The van der Waals surface area contributed by atoms with Gasteiger partial charge in [-0.3, -0.25) is 0 Å². The molecular formula is C19H36N2O3. The molecule has 0 radical (unpaired) electrons. The second-order valence-electron chi connectivity index (χ2n) is 8.66. The number of carbonyl (C=O) groups excluding carboxylic acids is 1. The molecule has 1 heterocycles. The van der Waals surface area contributed by atoms with Crippen molar-refractivity contribution >= 4 is 6.09 Å². The number of piperidine rings is 1. The van der Waals surface area contributed by atoms with E-state index >= 15 is 0 Å². The van der Waals surface area contributed by atoms with Gasteiger partial charge >= 0.3 is 0 Å². The number of carboxylic acid groups (broad SMARTS) is 1. The van der Waals surface area contributed by atoms with Crippen molar-refractivity contribution in [1.82, 2.24) is 5.32 Å². The van der Waals surface area contributed by atoms with Crippen LogP contribution in [-0.2, 0) is 4.74 Å². The Kier molecular flexibility index (Phi) is 6.54. The number of nitrogens with one attached hydrogen (secondary N) is 1. The van der Waals surface area contributed by atoms with Crippen molar-refractivity contribution in [2.45, 2.75) is 96.4 Å². The number of hydrogen-bond donors (Lipinski definition) is 1. The lowest BCUT2D eigenvalue weighted by molar-refractivity contribution is -0.997. The molecule has 0 spiro atoms. The largest absolute Gasteiger partial charge is 0.530 e. The van der Waals surface area contributed by atoms with Crippen molar-refractivity contribution in [2.24, 2.45) is 0 Å². The molecule has 0 aromatic heterocycles. The molecule has 0 bridgehead atoms. The molecule has 1 saturated carbocycles. The van der Waals surface area contributed by atoms with Gasteiger partial charge in [-0.1, -0.05) is 6.92 Å². The van der Waals surface area contributed by atoms with Crippen molar-refractivity contribution < 1.29 is 19.1 Å². The van der Waals surface area contributed by atoms with Gasteiger partial charge in [0.05, 0.1) is 30.8 Å². The van der Waals surface area contributed by atoms with Crippen molar-refractivity contribution in [3.63, 3.8) is 0 Å². The number of ether oxygens (including phenoxy) is 1. The Bertz CT molecular complexity index is 403. The molecule has 1 N–H and O–H groups in total.